The van der Waals surface area contributed by atoms with Gasteiger partial charge in [-0.25, -0.2) is 0 Å². The highest BCUT2D eigenvalue weighted by atomic mass is 16.5. The maximum Gasteiger partial charge on any atom is 0.266 e. The lowest BCUT2D eigenvalue weighted by molar-refractivity contribution is 0.181. The second-order valence-corrected chi connectivity index (χ2v) is 4.44. The number of aromatic nitrogens is 2. The van der Waals surface area contributed by atoms with E-state index in [0.29, 0.717) is 18.3 Å². The molecular formula is C11H19N3O2. The van der Waals surface area contributed by atoms with Crippen molar-refractivity contribution in [1.82, 2.24) is 10.1 Å². The third-order valence-electron chi connectivity index (χ3n) is 2.82. The zero-order valence-corrected chi connectivity index (χ0v) is 9.72. The molecule has 0 radical (unpaired) electrons. The number of nitrogens with zero attached hydrogens (tertiary/aromatic N) is 3. The Balaban J connectivity index is 1.99. The summed E-state index contributed by atoms with van der Waals surface area (Å²) in [6.07, 6.45) is 4.96. The van der Waals surface area contributed by atoms with Crippen molar-refractivity contribution in [3.63, 3.8) is 0 Å². The molecule has 0 aromatic carbocycles. The minimum Gasteiger partial charge on any atom is -0.393 e. The molecule has 1 saturated heterocycles. The maximum absolute atomic E-state index is 9.23. The molecule has 0 saturated carbocycles. The lowest BCUT2D eigenvalue weighted by Gasteiger charge is -2.16. The molecule has 0 bridgehead atoms. The summed E-state index contributed by atoms with van der Waals surface area (Å²) in [6.45, 7) is 3.73. The monoisotopic (exact) mass is 225 g/mol. The normalized spacial score (nSPS) is 19.5. The second-order valence-electron chi connectivity index (χ2n) is 4.44. The highest BCUT2D eigenvalue weighted by Crippen LogP contribution is 2.16. The molecular weight excluding hydrogens is 206 g/mol. The molecule has 1 aliphatic rings. The Morgan fingerprint density at radius 2 is 2.00 bits per heavy atom. The largest absolute Gasteiger partial charge is 0.393 e. The minimum atomic E-state index is -0.433. The average molecular weight is 225 g/mol. The van der Waals surface area contributed by atoms with E-state index in [1.54, 1.807) is 6.92 Å². The van der Waals surface area contributed by atoms with Crippen LogP contribution in [-0.4, -0.2) is 34.4 Å². The molecule has 0 aliphatic carbocycles. The van der Waals surface area contributed by atoms with Gasteiger partial charge in [-0.15, -0.1) is 0 Å². The average Bonchev–Trinajstić information content (AvgIpc) is 2.53. The Hall–Kier alpha value is -1.10. The van der Waals surface area contributed by atoms with Gasteiger partial charge in [0.05, 0.1) is 12.5 Å². The first-order valence-corrected chi connectivity index (χ1v) is 6.01. The predicted molar refractivity (Wildman–Crippen MR) is 60.4 cm³/mol. The third-order valence-corrected chi connectivity index (χ3v) is 2.82. The molecule has 2 rings (SSSR count). The summed E-state index contributed by atoms with van der Waals surface area (Å²) >= 11 is 0. The Morgan fingerprint density at radius 1 is 1.31 bits per heavy atom. The summed E-state index contributed by atoms with van der Waals surface area (Å²) in [4.78, 5) is 6.47. The van der Waals surface area contributed by atoms with E-state index in [1.165, 1.54) is 25.7 Å². The lowest BCUT2D eigenvalue weighted by Crippen LogP contribution is -2.25. The van der Waals surface area contributed by atoms with Crippen LogP contribution in [0.5, 0.6) is 0 Å². The van der Waals surface area contributed by atoms with Gasteiger partial charge in [0.25, 0.3) is 5.95 Å². The van der Waals surface area contributed by atoms with Gasteiger partial charge in [0.2, 0.25) is 5.89 Å². The van der Waals surface area contributed by atoms with Crippen LogP contribution in [0.1, 0.15) is 38.5 Å². The fourth-order valence-corrected chi connectivity index (χ4v) is 1.98. The fraction of sp³-hybridized carbons (Fsp3) is 0.818. The van der Waals surface area contributed by atoms with E-state index in [0.717, 1.165) is 13.1 Å². The van der Waals surface area contributed by atoms with E-state index < -0.39 is 6.10 Å². The molecule has 1 unspecified atom stereocenters. The van der Waals surface area contributed by atoms with Crippen LogP contribution in [0, 0.1) is 0 Å². The Morgan fingerprint density at radius 3 is 2.62 bits per heavy atom. The smallest absolute Gasteiger partial charge is 0.266 e. The third kappa shape index (κ3) is 2.95. The van der Waals surface area contributed by atoms with E-state index in [9.17, 15) is 5.11 Å². The van der Waals surface area contributed by atoms with Crippen LogP contribution in [-0.2, 0) is 6.42 Å². The topological polar surface area (TPSA) is 62.4 Å². The van der Waals surface area contributed by atoms with Crippen LogP contribution < -0.4 is 4.90 Å². The molecule has 16 heavy (non-hydrogen) atoms. The molecule has 1 N–H and O–H groups in total. The van der Waals surface area contributed by atoms with Crippen molar-refractivity contribution in [2.24, 2.45) is 0 Å². The summed E-state index contributed by atoms with van der Waals surface area (Å²) in [5.41, 5.74) is 0. The summed E-state index contributed by atoms with van der Waals surface area (Å²) in [5.74, 6) is 1.20. The molecule has 5 heteroatoms. The van der Waals surface area contributed by atoms with Gasteiger partial charge in [0, 0.05) is 13.1 Å². The second kappa shape index (κ2) is 5.30. The highest BCUT2D eigenvalue weighted by Gasteiger charge is 2.16. The van der Waals surface area contributed by atoms with Crippen LogP contribution in [0.2, 0.25) is 0 Å². The van der Waals surface area contributed by atoms with Crippen LogP contribution in [0.25, 0.3) is 0 Å². The van der Waals surface area contributed by atoms with E-state index in [1.807, 2.05) is 0 Å². The van der Waals surface area contributed by atoms with Crippen LogP contribution in [0.15, 0.2) is 4.52 Å². The predicted octanol–water partition coefficient (Wildman–Crippen LogP) is 1.37. The molecule has 2 heterocycles. The number of aliphatic hydroxyl groups is 1. The van der Waals surface area contributed by atoms with Crippen molar-refractivity contribution < 1.29 is 9.63 Å². The Kier molecular flexibility index (Phi) is 3.77. The zero-order valence-electron chi connectivity index (χ0n) is 9.72. The van der Waals surface area contributed by atoms with E-state index in [4.69, 9.17) is 4.52 Å². The number of aliphatic hydroxyl groups excluding tert-OH is 1. The van der Waals surface area contributed by atoms with Crippen LogP contribution in [0.3, 0.4) is 0 Å². The van der Waals surface area contributed by atoms with Gasteiger partial charge in [-0.3, -0.25) is 0 Å². The fourth-order valence-electron chi connectivity index (χ4n) is 1.98. The Labute approximate surface area is 95.4 Å². The zero-order chi connectivity index (χ0) is 11.4. The minimum absolute atomic E-state index is 0.431. The van der Waals surface area contributed by atoms with Crippen molar-refractivity contribution in [3.8, 4) is 0 Å². The molecule has 1 fully saturated rings. The first kappa shape index (κ1) is 11.4. The van der Waals surface area contributed by atoms with Gasteiger partial charge in [-0.05, 0) is 24.9 Å². The molecule has 0 spiro atoms. The first-order chi connectivity index (χ1) is 7.75. The number of anilines is 1. The Bertz CT molecular complexity index is 317. The van der Waals surface area contributed by atoms with Crippen molar-refractivity contribution in [2.45, 2.75) is 45.1 Å². The van der Waals surface area contributed by atoms with Crippen molar-refractivity contribution in [1.29, 1.82) is 0 Å². The SMILES string of the molecule is CC(O)Cc1nc(N2CCCCCC2)no1. The molecule has 5 nitrogen and oxygen atoms in total. The molecule has 1 aliphatic heterocycles. The molecule has 90 valence electrons. The van der Waals surface area contributed by atoms with Crippen molar-refractivity contribution in [2.75, 3.05) is 18.0 Å². The summed E-state index contributed by atoms with van der Waals surface area (Å²) in [7, 11) is 0. The van der Waals surface area contributed by atoms with Crippen LogP contribution in [0.4, 0.5) is 5.95 Å². The molecule has 1 aromatic rings. The van der Waals surface area contributed by atoms with E-state index >= 15 is 0 Å². The number of hydrogen-bond acceptors (Lipinski definition) is 5. The van der Waals surface area contributed by atoms with Gasteiger partial charge < -0.3 is 14.5 Å². The standard InChI is InChI=1S/C11H19N3O2/c1-9(15)8-10-12-11(13-16-10)14-6-4-2-3-5-7-14/h9,15H,2-8H2,1H3. The summed E-state index contributed by atoms with van der Waals surface area (Å²) in [6, 6.07) is 0. The van der Waals surface area contributed by atoms with Gasteiger partial charge in [-0.1, -0.05) is 12.8 Å². The summed E-state index contributed by atoms with van der Waals surface area (Å²) in [5, 5.41) is 13.2. The van der Waals surface area contributed by atoms with Gasteiger partial charge in [-0.2, -0.15) is 4.98 Å². The van der Waals surface area contributed by atoms with Gasteiger partial charge >= 0.3 is 0 Å². The molecule has 1 aromatic heterocycles. The van der Waals surface area contributed by atoms with Crippen LogP contribution >= 0.6 is 0 Å². The van der Waals surface area contributed by atoms with E-state index in [2.05, 4.69) is 15.0 Å². The molecule has 0 amide bonds. The van der Waals surface area contributed by atoms with Crippen molar-refractivity contribution in [3.05, 3.63) is 5.89 Å². The van der Waals surface area contributed by atoms with E-state index in [-0.39, 0.29) is 0 Å². The summed E-state index contributed by atoms with van der Waals surface area (Å²) < 4.78 is 5.11. The highest BCUT2D eigenvalue weighted by molar-refractivity contribution is 5.27. The maximum atomic E-state index is 9.23. The molecule has 1 atom stereocenters. The van der Waals surface area contributed by atoms with Crippen molar-refractivity contribution >= 4 is 5.95 Å². The quantitative estimate of drug-likeness (QED) is 0.841. The number of rotatable bonds is 3. The van der Waals surface area contributed by atoms with Gasteiger partial charge in [0.1, 0.15) is 0 Å². The first-order valence-electron chi connectivity index (χ1n) is 6.01. The van der Waals surface area contributed by atoms with Gasteiger partial charge in [0.15, 0.2) is 0 Å². The number of hydrogen-bond donors (Lipinski definition) is 1. The lowest BCUT2D eigenvalue weighted by atomic mass is 10.2.